The topological polar surface area (TPSA) is 94.4 Å². The molecule has 0 bridgehead atoms. The normalized spacial score (nSPS) is 20.3. The molecule has 34 heavy (non-hydrogen) atoms. The second-order valence-corrected chi connectivity index (χ2v) is 11.9. The summed E-state index contributed by atoms with van der Waals surface area (Å²) in [6.45, 7) is 1.36. The Morgan fingerprint density at radius 3 is 2.44 bits per heavy atom. The van der Waals surface area contributed by atoms with Crippen molar-refractivity contribution in [1.29, 1.82) is 5.26 Å². The monoisotopic (exact) mass is 494 g/mol. The van der Waals surface area contributed by atoms with Crippen LogP contribution in [0.15, 0.2) is 53.4 Å². The van der Waals surface area contributed by atoms with Gasteiger partial charge in [-0.3, -0.25) is 4.79 Å². The third-order valence-electron chi connectivity index (χ3n) is 6.81. The lowest BCUT2D eigenvalue weighted by Crippen LogP contribution is -2.46. The molecule has 3 aromatic rings. The van der Waals surface area contributed by atoms with Crippen LogP contribution in [0.5, 0.6) is 0 Å². The van der Waals surface area contributed by atoms with E-state index in [1.807, 2.05) is 29.2 Å². The van der Waals surface area contributed by atoms with Gasteiger partial charge in [0, 0.05) is 25.6 Å². The predicted octanol–water partition coefficient (Wildman–Crippen LogP) is 4.32. The van der Waals surface area contributed by atoms with Gasteiger partial charge in [0.25, 0.3) is 0 Å². The molecule has 3 heterocycles. The first-order valence-electron chi connectivity index (χ1n) is 11.6. The van der Waals surface area contributed by atoms with Crippen molar-refractivity contribution >= 4 is 37.5 Å². The molecule has 0 saturated carbocycles. The summed E-state index contributed by atoms with van der Waals surface area (Å²) in [4.78, 5) is 20.6. The fraction of sp³-hybridized carbons (Fsp3) is 0.400. The Labute approximate surface area is 203 Å². The van der Waals surface area contributed by atoms with Crippen molar-refractivity contribution in [3.63, 3.8) is 0 Å². The van der Waals surface area contributed by atoms with Gasteiger partial charge in [-0.25, -0.2) is 13.4 Å². The number of fused-ring (bicyclic) bond motifs is 1. The summed E-state index contributed by atoms with van der Waals surface area (Å²) in [5, 5.41) is 9.94. The highest BCUT2D eigenvalue weighted by molar-refractivity contribution is 7.89. The third kappa shape index (κ3) is 4.33. The first kappa shape index (κ1) is 23.0. The highest BCUT2D eigenvalue weighted by Crippen LogP contribution is 2.37. The number of nitrogens with zero attached hydrogens (tertiary/aromatic N) is 4. The van der Waals surface area contributed by atoms with Gasteiger partial charge < -0.3 is 4.90 Å². The molecule has 1 unspecified atom stereocenters. The van der Waals surface area contributed by atoms with Crippen LogP contribution in [0.4, 0.5) is 0 Å². The van der Waals surface area contributed by atoms with E-state index < -0.39 is 10.0 Å². The van der Waals surface area contributed by atoms with Crippen LogP contribution in [0.25, 0.3) is 10.2 Å². The smallest absolute Gasteiger partial charge is 0.243 e. The number of aromatic nitrogens is 1. The standard InChI is InChI=1S/C25H26N4O3S2/c26-17-18-8-10-20(11-9-18)34(31,32)28-15-12-19(13-16-28)25(30)29-14-4-3-6-22(29)24-27-21-5-1-2-7-23(21)33-24/h1-2,5,7-11,19,22H,3-4,6,12-16H2. The van der Waals surface area contributed by atoms with E-state index in [4.69, 9.17) is 10.2 Å². The Morgan fingerprint density at radius 2 is 1.74 bits per heavy atom. The van der Waals surface area contributed by atoms with E-state index in [-0.39, 0.29) is 22.8 Å². The fourth-order valence-corrected chi connectivity index (χ4v) is 7.50. The van der Waals surface area contributed by atoms with Crippen LogP contribution >= 0.6 is 11.3 Å². The molecular weight excluding hydrogens is 468 g/mol. The number of nitriles is 1. The molecule has 1 atom stereocenters. The molecule has 1 aromatic heterocycles. The fourth-order valence-electron chi connectivity index (χ4n) is 4.91. The van der Waals surface area contributed by atoms with Crippen LogP contribution in [-0.2, 0) is 14.8 Å². The molecule has 7 nitrogen and oxygen atoms in total. The van der Waals surface area contributed by atoms with E-state index >= 15 is 0 Å². The summed E-state index contributed by atoms with van der Waals surface area (Å²) < 4.78 is 28.6. The molecule has 2 aliphatic heterocycles. The predicted molar refractivity (Wildman–Crippen MR) is 131 cm³/mol. The van der Waals surface area contributed by atoms with Crippen molar-refractivity contribution < 1.29 is 13.2 Å². The number of hydrogen-bond donors (Lipinski definition) is 0. The summed E-state index contributed by atoms with van der Waals surface area (Å²) in [5.74, 6) is -0.0539. The summed E-state index contributed by atoms with van der Waals surface area (Å²) >= 11 is 1.66. The zero-order valence-corrected chi connectivity index (χ0v) is 20.4. The second-order valence-electron chi connectivity index (χ2n) is 8.88. The molecule has 2 saturated heterocycles. The van der Waals surface area contributed by atoms with Gasteiger partial charge >= 0.3 is 0 Å². The number of hydrogen-bond acceptors (Lipinski definition) is 6. The molecule has 5 rings (SSSR count). The maximum Gasteiger partial charge on any atom is 0.243 e. The molecule has 2 aromatic carbocycles. The van der Waals surface area contributed by atoms with Crippen LogP contribution in [0.3, 0.4) is 0 Å². The van der Waals surface area contributed by atoms with Crippen molar-refractivity contribution in [2.75, 3.05) is 19.6 Å². The van der Waals surface area contributed by atoms with Crippen molar-refractivity contribution in [3.05, 3.63) is 59.1 Å². The summed E-state index contributed by atoms with van der Waals surface area (Å²) in [7, 11) is -3.64. The molecule has 2 fully saturated rings. The molecule has 2 aliphatic rings. The van der Waals surface area contributed by atoms with Gasteiger partial charge in [-0.2, -0.15) is 9.57 Å². The molecule has 9 heteroatoms. The lowest BCUT2D eigenvalue weighted by Gasteiger charge is -2.39. The van der Waals surface area contributed by atoms with Crippen molar-refractivity contribution in [3.8, 4) is 6.07 Å². The van der Waals surface area contributed by atoms with Crippen LogP contribution in [0.2, 0.25) is 0 Å². The number of benzene rings is 2. The van der Waals surface area contributed by atoms with Gasteiger partial charge in [-0.15, -0.1) is 11.3 Å². The maximum atomic E-state index is 13.6. The van der Waals surface area contributed by atoms with Gasteiger partial charge in [0.05, 0.1) is 32.8 Å². The zero-order chi connectivity index (χ0) is 23.7. The second kappa shape index (κ2) is 9.45. The van der Waals surface area contributed by atoms with E-state index in [2.05, 4.69) is 6.07 Å². The van der Waals surface area contributed by atoms with Crippen molar-refractivity contribution in [2.45, 2.75) is 43.0 Å². The van der Waals surface area contributed by atoms with Gasteiger partial charge in [-0.1, -0.05) is 12.1 Å². The van der Waals surface area contributed by atoms with E-state index in [1.165, 1.54) is 28.6 Å². The quantitative estimate of drug-likeness (QED) is 0.538. The Morgan fingerprint density at radius 1 is 1.00 bits per heavy atom. The van der Waals surface area contributed by atoms with E-state index in [9.17, 15) is 13.2 Å². The Kier molecular flexibility index (Phi) is 6.38. The largest absolute Gasteiger partial charge is 0.333 e. The first-order valence-corrected chi connectivity index (χ1v) is 13.9. The molecule has 0 radical (unpaired) electrons. The average Bonchev–Trinajstić information content (AvgIpc) is 3.33. The van der Waals surface area contributed by atoms with E-state index in [0.717, 1.165) is 41.0 Å². The van der Waals surface area contributed by atoms with Gasteiger partial charge in [-0.05, 0) is 68.5 Å². The number of carbonyl (C=O) groups excluding carboxylic acids is 1. The minimum atomic E-state index is -3.64. The Bertz CT molecular complexity index is 1300. The zero-order valence-electron chi connectivity index (χ0n) is 18.8. The third-order valence-corrected chi connectivity index (χ3v) is 9.86. The number of rotatable bonds is 4. The Hall–Kier alpha value is -2.80. The lowest BCUT2D eigenvalue weighted by atomic mass is 9.93. The van der Waals surface area contributed by atoms with E-state index in [0.29, 0.717) is 31.5 Å². The van der Waals surface area contributed by atoms with Gasteiger partial charge in [0.15, 0.2) is 0 Å². The number of thiazole rings is 1. The van der Waals surface area contributed by atoms with Crippen LogP contribution in [0, 0.1) is 17.2 Å². The van der Waals surface area contributed by atoms with Crippen LogP contribution in [0.1, 0.15) is 48.7 Å². The lowest BCUT2D eigenvalue weighted by molar-refractivity contribution is -0.140. The molecule has 0 spiro atoms. The first-order chi connectivity index (χ1) is 16.5. The van der Waals surface area contributed by atoms with Gasteiger partial charge in [0.1, 0.15) is 5.01 Å². The van der Waals surface area contributed by atoms with Crippen molar-refractivity contribution in [2.24, 2.45) is 5.92 Å². The summed E-state index contributed by atoms with van der Waals surface area (Å²) in [5.41, 5.74) is 1.40. The number of para-hydroxylation sites is 1. The molecular formula is C25H26N4O3S2. The highest BCUT2D eigenvalue weighted by Gasteiger charge is 2.37. The van der Waals surface area contributed by atoms with Crippen molar-refractivity contribution in [1.82, 2.24) is 14.2 Å². The average molecular weight is 495 g/mol. The number of carbonyl (C=O) groups is 1. The highest BCUT2D eigenvalue weighted by atomic mass is 32.2. The maximum absolute atomic E-state index is 13.6. The molecule has 0 N–H and O–H groups in total. The minimum absolute atomic E-state index is 0.000869. The summed E-state index contributed by atoms with van der Waals surface area (Å²) in [6, 6.07) is 16.0. The molecule has 0 aliphatic carbocycles. The minimum Gasteiger partial charge on any atom is -0.333 e. The molecule has 1 amide bonds. The Balaban J connectivity index is 1.28. The number of amides is 1. The summed E-state index contributed by atoms with van der Waals surface area (Å²) in [6.07, 6.45) is 4.00. The van der Waals surface area contributed by atoms with E-state index in [1.54, 1.807) is 11.3 Å². The van der Waals surface area contributed by atoms with Gasteiger partial charge in [0.2, 0.25) is 15.9 Å². The number of piperidine rings is 2. The number of likely N-dealkylation sites (tertiary alicyclic amines) is 1. The van der Waals surface area contributed by atoms with Crippen LogP contribution in [-0.4, -0.2) is 48.1 Å². The van der Waals surface area contributed by atoms with Crippen LogP contribution < -0.4 is 0 Å². The SMILES string of the molecule is N#Cc1ccc(S(=O)(=O)N2CCC(C(=O)N3CCCCC3c3nc4ccccc4s3)CC2)cc1. The number of sulfonamides is 1. The molecule has 176 valence electrons.